The van der Waals surface area contributed by atoms with Crippen LogP contribution in [0.25, 0.3) is 4.91 Å². The Morgan fingerprint density at radius 2 is 2.03 bits per heavy atom. The Hall–Kier alpha value is -2.09. The first kappa shape index (κ1) is 21.7. The molecule has 2 aliphatic heterocycles. The second-order valence-corrected chi connectivity index (χ2v) is 10.7. The molecule has 8 heteroatoms. The maximum atomic E-state index is 13.4. The number of carbonyl (C=O) groups is 1. The van der Waals surface area contributed by atoms with Crippen molar-refractivity contribution >= 4 is 40.4 Å². The number of nitrogens with zero attached hydrogens (tertiary/aromatic N) is 3. The van der Waals surface area contributed by atoms with Gasteiger partial charge in [0.05, 0.1) is 10.4 Å². The number of anilines is 1. The number of thioether (sulfide) groups is 1. The van der Waals surface area contributed by atoms with Crippen molar-refractivity contribution in [1.82, 2.24) is 15.0 Å². The van der Waals surface area contributed by atoms with Gasteiger partial charge in [-0.25, -0.2) is 14.4 Å². The molecule has 1 saturated heterocycles. The summed E-state index contributed by atoms with van der Waals surface area (Å²) in [7, 11) is 0. The number of halogens is 2. The Morgan fingerprint density at radius 1 is 1.25 bits per heavy atom. The summed E-state index contributed by atoms with van der Waals surface area (Å²) in [6, 6.07) is 10.4. The van der Waals surface area contributed by atoms with E-state index in [-0.39, 0.29) is 17.2 Å². The molecular formula is C24H26ClFN4OS. The molecule has 0 radical (unpaired) electrons. The van der Waals surface area contributed by atoms with E-state index in [2.05, 4.69) is 27.2 Å². The van der Waals surface area contributed by atoms with Crippen LogP contribution in [0.4, 0.5) is 10.2 Å². The average Bonchev–Trinajstić information content (AvgIpc) is 3.46. The Morgan fingerprint density at radius 3 is 2.69 bits per heavy atom. The van der Waals surface area contributed by atoms with E-state index in [1.54, 1.807) is 30.1 Å². The molecule has 0 bridgehead atoms. The van der Waals surface area contributed by atoms with Gasteiger partial charge in [-0.1, -0.05) is 35.5 Å². The van der Waals surface area contributed by atoms with E-state index in [1.165, 1.54) is 25.0 Å². The summed E-state index contributed by atoms with van der Waals surface area (Å²) in [5.41, 5.74) is 2.00. The lowest BCUT2D eigenvalue weighted by atomic mass is 9.88. The summed E-state index contributed by atoms with van der Waals surface area (Å²) < 4.78 is 13.4. The summed E-state index contributed by atoms with van der Waals surface area (Å²) in [6.45, 7) is 3.78. The van der Waals surface area contributed by atoms with Crippen molar-refractivity contribution in [3.05, 3.63) is 64.7 Å². The van der Waals surface area contributed by atoms with Crippen LogP contribution in [0.1, 0.15) is 38.2 Å². The van der Waals surface area contributed by atoms with Crippen molar-refractivity contribution in [2.45, 2.75) is 44.0 Å². The zero-order valence-corrected chi connectivity index (χ0v) is 19.5. The fraction of sp³-hybridized carbons (Fsp3) is 0.417. The first-order chi connectivity index (χ1) is 15.5. The minimum Gasteiger partial charge on any atom is -0.368 e. The van der Waals surface area contributed by atoms with Gasteiger partial charge in [0.1, 0.15) is 17.3 Å². The number of aromatic nitrogens is 1. The Balaban J connectivity index is 1.41. The molecule has 2 fully saturated rings. The maximum Gasteiger partial charge on any atom is 0.168 e. The van der Waals surface area contributed by atoms with Gasteiger partial charge >= 0.3 is 0 Å². The van der Waals surface area contributed by atoms with Gasteiger partial charge in [-0.15, -0.1) is 0 Å². The highest BCUT2D eigenvalue weighted by molar-refractivity contribution is 8.09. The molecular weight excluding hydrogens is 447 g/mol. The molecule has 1 N–H and O–H groups in total. The molecule has 1 aliphatic carbocycles. The minimum absolute atomic E-state index is 0.0830. The van der Waals surface area contributed by atoms with Crippen LogP contribution in [-0.2, 0) is 4.79 Å². The molecule has 0 amide bonds. The van der Waals surface area contributed by atoms with E-state index in [4.69, 9.17) is 11.6 Å². The van der Waals surface area contributed by atoms with Crippen LogP contribution in [-0.4, -0.2) is 45.8 Å². The molecule has 3 heterocycles. The predicted molar refractivity (Wildman–Crippen MR) is 127 cm³/mol. The second kappa shape index (κ2) is 8.69. The highest BCUT2D eigenvalue weighted by atomic mass is 35.5. The van der Waals surface area contributed by atoms with Crippen LogP contribution in [0.5, 0.6) is 0 Å². The lowest BCUT2D eigenvalue weighted by Gasteiger charge is -2.47. The number of hydrogen-bond donors (Lipinski definition) is 1. The molecule has 3 aliphatic rings. The Labute approximate surface area is 197 Å². The van der Waals surface area contributed by atoms with E-state index in [1.807, 2.05) is 12.1 Å². The number of pyridine rings is 1. The van der Waals surface area contributed by atoms with Crippen LogP contribution in [0.3, 0.4) is 0 Å². The number of allylic oxidation sites excluding steroid dienone is 1. The molecule has 2 unspecified atom stereocenters. The number of nitrogens with one attached hydrogen (secondary N) is 1. The number of hydrogen-bond acceptors (Lipinski definition) is 6. The van der Waals surface area contributed by atoms with Crippen LogP contribution in [0, 0.1) is 11.2 Å². The number of hydrazine groups is 1. The molecule has 5 rings (SSSR count). The van der Waals surface area contributed by atoms with Gasteiger partial charge in [0.25, 0.3) is 0 Å². The maximum absolute atomic E-state index is 13.4. The van der Waals surface area contributed by atoms with E-state index >= 15 is 0 Å². The standard InChI is InChI=1S/C24H26ClFN4OS/c1-16-30(21(15-31)23(32-16)17-2-5-19(26)6-3-17)29-11-10-24(8-9-24)12-20(29)14-28-22-7-4-18(25)13-27-22/h2-7,13,15-16,20H,8-12,14H2,1H3,(H,27,28). The van der Waals surface area contributed by atoms with E-state index in [9.17, 15) is 9.18 Å². The summed E-state index contributed by atoms with van der Waals surface area (Å²) in [5.74, 6) is 0.523. The molecule has 1 aromatic carbocycles. The molecule has 168 valence electrons. The normalized spacial score (nSPS) is 24.8. The first-order valence-electron chi connectivity index (χ1n) is 11.0. The molecule has 1 aromatic heterocycles. The van der Waals surface area contributed by atoms with Crippen molar-refractivity contribution < 1.29 is 9.18 Å². The average molecular weight is 473 g/mol. The Bertz CT molecular complexity index is 1030. The lowest BCUT2D eigenvalue weighted by Crippen LogP contribution is -2.56. The predicted octanol–water partition coefficient (Wildman–Crippen LogP) is 5.41. The van der Waals surface area contributed by atoms with Crippen molar-refractivity contribution in [3.8, 4) is 0 Å². The van der Waals surface area contributed by atoms with Gasteiger partial charge in [0.15, 0.2) is 6.29 Å². The number of benzene rings is 1. The van der Waals surface area contributed by atoms with Gasteiger partial charge in [-0.2, -0.15) is 0 Å². The lowest BCUT2D eigenvalue weighted by molar-refractivity contribution is -0.112. The van der Waals surface area contributed by atoms with Gasteiger partial charge in [-0.3, -0.25) is 9.80 Å². The molecule has 1 spiro atoms. The topological polar surface area (TPSA) is 48.5 Å². The van der Waals surface area contributed by atoms with Gasteiger partial charge in [-0.05, 0) is 67.9 Å². The molecule has 1 saturated carbocycles. The van der Waals surface area contributed by atoms with Crippen molar-refractivity contribution in [2.75, 3.05) is 18.4 Å². The number of piperidine rings is 1. The van der Waals surface area contributed by atoms with Crippen molar-refractivity contribution in [2.24, 2.45) is 5.41 Å². The van der Waals surface area contributed by atoms with Crippen LogP contribution < -0.4 is 5.32 Å². The van der Waals surface area contributed by atoms with E-state index in [0.717, 1.165) is 48.5 Å². The molecule has 5 nitrogen and oxygen atoms in total. The van der Waals surface area contributed by atoms with Gasteiger partial charge < -0.3 is 5.32 Å². The zero-order valence-electron chi connectivity index (χ0n) is 17.9. The van der Waals surface area contributed by atoms with Crippen LogP contribution in [0.2, 0.25) is 5.02 Å². The summed E-state index contributed by atoms with van der Waals surface area (Å²) >= 11 is 7.63. The van der Waals surface area contributed by atoms with Gasteiger partial charge in [0.2, 0.25) is 0 Å². The first-order valence-corrected chi connectivity index (χ1v) is 12.3. The number of rotatable bonds is 6. The van der Waals surface area contributed by atoms with Crippen molar-refractivity contribution in [1.29, 1.82) is 0 Å². The minimum atomic E-state index is -0.275. The summed E-state index contributed by atoms with van der Waals surface area (Å²) in [6.07, 6.45) is 7.42. The fourth-order valence-corrected chi connectivity index (χ4v) is 6.21. The SMILES string of the molecule is CC1SC(c2ccc(F)cc2)=C(C=O)N1N1CCC2(CC2)CC1CNc1ccc(Cl)cn1. The summed E-state index contributed by atoms with van der Waals surface area (Å²) in [5, 5.41) is 8.69. The third kappa shape index (κ3) is 4.26. The Kier molecular flexibility index (Phi) is 5.90. The second-order valence-electron chi connectivity index (χ2n) is 8.91. The third-order valence-electron chi connectivity index (χ3n) is 6.77. The van der Waals surface area contributed by atoms with Crippen LogP contribution in [0.15, 0.2) is 48.3 Å². The monoisotopic (exact) mass is 472 g/mol. The molecule has 2 aromatic rings. The van der Waals surface area contributed by atoms with Crippen molar-refractivity contribution in [3.63, 3.8) is 0 Å². The smallest absolute Gasteiger partial charge is 0.168 e. The number of carbonyl (C=O) groups excluding carboxylic acids is 1. The third-order valence-corrected chi connectivity index (χ3v) is 8.22. The highest BCUT2D eigenvalue weighted by Crippen LogP contribution is 2.56. The largest absolute Gasteiger partial charge is 0.368 e. The highest BCUT2D eigenvalue weighted by Gasteiger charge is 2.50. The molecule has 32 heavy (non-hydrogen) atoms. The number of aldehydes is 1. The van der Waals surface area contributed by atoms with Gasteiger partial charge in [0, 0.05) is 30.2 Å². The van der Waals surface area contributed by atoms with Crippen LogP contribution >= 0.6 is 23.4 Å². The zero-order chi connectivity index (χ0) is 22.3. The van der Waals surface area contributed by atoms with E-state index in [0.29, 0.717) is 16.1 Å². The summed E-state index contributed by atoms with van der Waals surface area (Å²) in [4.78, 5) is 17.5. The molecule has 2 atom stereocenters. The van der Waals surface area contributed by atoms with E-state index < -0.39 is 0 Å². The quantitative estimate of drug-likeness (QED) is 0.567. The fourth-order valence-electron chi connectivity index (χ4n) is 4.89.